The molecular formula is C42H30. The lowest BCUT2D eigenvalue weighted by molar-refractivity contribution is 1.39. The van der Waals surface area contributed by atoms with Crippen LogP contribution in [0.25, 0.3) is 76.5 Å². The third-order valence-corrected chi connectivity index (χ3v) is 7.34. The quantitative estimate of drug-likeness (QED) is 0.190. The first-order chi connectivity index (χ1) is 29.4. The van der Waals surface area contributed by atoms with Gasteiger partial charge in [0.25, 0.3) is 0 Å². The van der Waals surface area contributed by atoms with Gasteiger partial charge in [-0.25, -0.2) is 0 Å². The summed E-state index contributed by atoms with van der Waals surface area (Å²) < 4.78 is 185. The molecule has 0 heteroatoms. The van der Waals surface area contributed by atoms with Crippen LogP contribution in [0, 0.1) is 13.8 Å². The molecule has 0 aromatic heterocycles. The van der Waals surface area contributed by atoms with Gasteiger partial charge in [-0.2, -0.15) is 0 Å². The molecule has 0 saturated heterocycles. The molecule has 0 aliphatic carbocycles. The molecule has 0 bridgehead atoms. The van der Waals surface area contributed by atoms with Gasteiger partial charge in [0, 0.05) is 0 Å². The Balaban J connectivity index is 1.61. The predicted molar refractivity (Wildman–Crippen MR) is 182 cm³/mol. The van der Waals surface area contributed by atoms with Gasteiger partial charge in [0.2, 0.25) is 0 Å². The van der Waals surface area contributed by atoms with E-state index in [9.17, 15) is 6.85 Å². The summed E-state index contributed by atoms with van der Waals surface area (Å²) in [6, 6.07) is -9.24. The number of fused-ring (bicyclic) bond motifs is 4. The predicted octanol–water partition coefficient (Wildman–Crippen LogP) is 11.9. The summed E-state index contributed by atoms with van der Waals surface area (Å²) in [5.41, 5.74) is 0.194. The molecule has 198 valence electrons. The van der Waals surface area contributed by atoms with E-state index in [4.69, 9.17) is 21.9 Å². The lowest BCUT2D eigenvalue weighted by Crippen LogP contribution is -1.94. The Bertz CT molecular complexity index is 3450. The van der Waals surface area contributed by atoms with E-state index in [1.807, 2.05) is 0 Å². The number of rotatable bonds is 3. The van der Waals surface area contributed by atoms with Gasteiger partial charge in [-0.1, -0.05) is 139 Å². The van der Waals surface area contributed by atoms with Gasteiger partial charge in [-0.3, -0.25) is 0 Å². The zero-order chi connectivity index (χ0) is 46.5. The molecule has 8 aromatic rings. The van der Waals surface area contributed by atoms with Crippen LogP contribution in [0.3, 0.4) is 0 Å². The van der Waals surface area contributed by atoms with Crippen LogP contribution in [0.2, 0.25) is 0 Å². The van der Waals surface area contributed by atoms with Crippen molar-refractivity contribution >= 4 is 43.1 Å². The van der Waals surface area contributed by atoms with Crippen LogP contribution in [0.5, 0.6) is 0 Å². The average molecular weight is 556 g/mol. The summed E-state index contributed by atoms with van der Waals surface area (Å²) in [5.74, 6) is 0. The van der Waals surface area contributed by atoms with Gasteiger partial charge in [0.15, 0.2) is 0 Å². The minimum Gasteiger partial charge on any atom is -0.0616 e. The lowest BCUT2D eigenvalue weighted by atomic mass is 9.83. The largest absolute Gasteiger partial charge is 0.0636 e. The van der Waals surface area contributed by atoms with Crippen molar-refractivity contribution in [2.45, 2.75) is 13.8 Å². The highest BCUT2D eigenvalue weighted by atomic mass is 14.2. The van der Waals surface area contributed by atoms with Crippen LogP contribution in [0.1, 0.15) is 39.9 Å². The Morgan fingerprint density at radius 3 is 1.69 bits per heavy atom. The monoisotopic (exact) mass is 555 g/mol. The molecule has 8 aromatic carbocycles. The van der Waals surface area contributed by atoms with E-state index in [1.165, 1.54) is 12.1 Å². The van der Waals surface area contributed by atoms with Crippen LogP contribution in [-0.4, -0.2) is 0 Å². The summed E-state index contributed by atoms with van der Waals surface area (Å²) in [7, 11) is 0. The summed E-state index contributed by atoms with van der Waals surface area (Å²) in [6.45, 7) is 3.19. The lowest BCUT2D eigenvalue weighted by Gasteiger charge is -2.20. The molecule has 42 heavy (non-hydrogen) atoms. The molecule has 0 aliphatic heterocycles. The second-order valence-electron chi connectivity index (χ2n) is 9.81. The van der Waals surface area contributed by atoms with E-state index < -0.39 is 143 Å². The SMILES string of the molecule is [2H]c1cc2c(-c3c([2H])c([2H])c4c([2H])c([2H])c([2H])c([2H])c4c3[2H])c3c([2H])c([2H])c([2H])c([2H])c3c(-c3cc(C)c(-c4c([2H])c([2H])c([2H])c5c([2H])c([2H])c([2H])c([2H])c45)c(C)c3)c2c([2H])c1[2H]. The van der Waals surface area contributed by atoms with Crippen molar-refractivity contribution in [3.63, 3.8) is 0 Å². The average Bonchev–Trinajstić information content (AvgIpc) is 3.24. The van der Waals surface area contributed by atoms with Crippen LogP contribution in [-0.2, 0) is 0 Å². The van der Waals surface area contributed by atoms with Crippen molar-refractivity contribution < 1.29 is 28.8 Å². The zero-order valence-electron chi connectivity index (χ0n) is 43.2. The first-order valence-electron chi connectivity index (χ1n) is 23.5. The molecule has 0 unspecified atom stereocenters. The third-order valence-electron chi connectivity index (χ3n) is 7.34. The topological polar surface area (TPSA) is 0 Å². The maximum atomic E-state index is 9.41. The molecule has 0 fully saturated rings. The van der Waals surface area contributed by atoms with Crippen LogP contribution < -0.4 is 0 Å². The Morgan fingerprint density at radius 1 is 0.405 bits per heavy atom. The second kappa shape index (κ2) is 9.72. The summed E-state index contributed by atoms with van der Waals surface area (Å²) >= 11 is 0. The van der Waals surface area contributed by atoms with Crippen molar-refractivity contribution in [3.05, 3.63) is 156 Å². The Hall–Kier alpha value is -5.20. The normalized spacial score (nSPS) is 18.6. The van der Waals surface area contributed by atoms with E-state index in [2.05, 4.69) is 0 Å². The molecule has 0 heterocycles. The highest BCUT2D eigenvalue weighted by Gasteiger charge is 2.18. The smallest absolute Gasteiger partial charge is 0.0616 e. The third kappa shape index (κ3) is 3.84. The molecule has 0 spiro atoms. The molecule has 0 saturated carbocycles. The molecule has 0 amide bonds. The van der Waals surface area contributed by atoms with Gasteiger partial charge < -0.3 is 0 Å². The fraction of sp³-hybridized carbons (Fsp3) is 0.0476. The van der Waals surface area contributed by atoms with Crippen molar-refractivity contribution in [2.24, 2.45) is 0 Å². The fourth-order valence-electron chi connectivity index (χ4n) is 5.64. The number of hydrogen-bond acceptors (Lipinski definition) is 0. The van der Waals surface area contributed by atoms with Crippen molar-refractivity contribution in [1.29, 1.82) is 0 Å². The molecule has 0 radical (unpaired) electrons. The molecule has 0 atom stereocenters. The Morgan fingerprint density at radius 2 is 0.952 bits per heavy atom. The number of hydrogen-bond donors (Lipinski definition) is 0. The van der Waals surface area contributed by atoms with E-state index >= 15 is 0 Å². The van der Waals surface area contributed by atoms with Crippen molar-refractivity contribution in [2.75, 3.05) is 0 Å². The van der Waals surface area contributed by atoms with E-state index in [-0.39, 0.29) is 60.1 Å². The fourth-order valence-corrected chi connectivity index (χ4v) is 5.64. The maximum absolute atomic E-state index is 9.41. The minimum atomic E-state index is -0.744. The number of aryl methyl sites for hydroxylation is 2. The maximum Gasteiger partial charge on any atom is 0.0636 e. The second-order valence-corrected chi connectivity index (χ2v) is 9.81. The van der Waals surface area contributed by atoms with E-state index in [0.717, 1.165) is 6.07 Å². The molecule has 0 nitrogen and oxygen atoms in total. The molecule has 0 N–H and O–H groups in total. The highest BCUT2D eigenvalue weighted by Crippen LogP contribution is 2.45. The van der Waals surface area contributed by atoms with Gasteiger partial charge in [0.1, 0.15) is 0 Å². The van der Waals surface area contributed by atoms with Gasteiger partial charge in [0.05, 0.1) is 28.8 Å². The van der Waals surface area contributed by atoms with Gasteiger partial charge in [-0.15, -0.1) is 0 Å². The first-order valence-corrected chi connectivity index (χ1v) is 13.0. The first kappa shape index (κ1) is 11.2. The van der Waals surface area contributed by atoms with Crippen LogP contribution >= 0.6 is 0 Å². The molecule has 0 aliphatic rings. The highest BCUT2D eigenvalue weighted by molar-refractivity contribution is 6.22. The van der Waals surface area contributed by atoms with Crippen molar-refractivity contribution in [1.82, 2.24) is 0 Å². The summed E-state index contributed by atoms with van der Waals surface area (Å²) in [6.07, 6.45) is 0. The van der Waals surface area contributed by atoms with Crippen molar-refractivity contribution in [3.8, 4) is 33.4 Å². The molecule has 8 rings (SSSR count). The number of benzene rings is 8. The van der Waals surface area contributed by atoms with Gasteiger partial charge >= 0.3 is 0 Å². The summed E-state index contributed by atoms with van der Waals surface area (Å²) in [5, 5.41) is -2.18. The standard InChI is InChI=1S/C42H30/c1-27-24-33(25-28(2)40(27)35-21-11-15-30-13-5-6-16-34(30)35)42-38-19-9-7-17-36(38)41(37-18-8-10-20-39(37)42)32-23-22-29-12-3-4-14-31(29)26-32/h3-26H,1-2H3/i3D,4D,5D,6D,7D,8D,9D,10D,11D,12D,13D,14D,15D,16D,17D,19D,20D,21D,22D,23D,26D. The summed E-state index contributed by atoms with van der Waals surface area (Å²) in [4.78, 5) is 0. The minimum absolute atomic E-state index is 0.0422. The van der Waals surface area contributed by atoms with E-state index in [0.29, 0.717) is 11.1 Å². The van der Waals surface area contributed by atoms with Gasteiger partial charge in [-0.05, 0) is 107 Å². The van der Waals surface area contributed by atoms with Crippen LogP contribution in [0.4, 0.5) is 0 Å². The molecular weight excluding hydrogens is 504 g/mol. The van der Waals surface area contributed by atoms with Crippen LogP contribution in [0.15, 0.2) is 145 Å². The van der Waals surface area contributed by atoms with E-state index in [1.54, 1.807) is 13.8 Å². The zero-order valence-corrected chi connectivity index (χ0v) is 22.2. The Labute approximate surface area is 276 Å². The Kier molecular flexibility index (Phi) is 2.60.